The van der Waals surface area contributed by atoms with Crippen LogP contribution in [0.15, 0.2) is 78.9 Å². The quantitative estimate of drug-likeness (QED) is 0.591. The van der Waals surface area contributed by atoms with Crippen molar-refractivity contribution >= 4 is 17.3 Å². The number of nitrogens with one attached hydrogen (secondary N) is 1. The Bertz CT molecular complexity index is 1030. The molecule has 1 aliphatic rings. The Morgan fingerprint density at radius 2 is 1.55 bits per heavy atom. The molecule has 1 amide bonds. The van der Waals surface area contributed by atoms with Crippen molar-refractivity contribution < 1.29 is 9.18 Å². The lowest BCUT2D eigenvalue weighted by Gasteiger charge is -2.40. The van der Waals surface area contributed by atoms with E-state index in [0.29, 0.717) is 12.1 Å². The van der Waals surface area contributed by atoms with Crippen LogP contribution in [0.5, 0.6) is 0 Å². The fourth-order valence-corrected chi connectivity index (χ4v) is 4.28. The summed E-state index contributed by atoms with van der Waals surface area (Å²) in [5, 5.41) is 3.07. The molecule has 5 nitrogen and oxygen atoms in total. The number of para-hydroxylation sites is 1. The standard InChI is InChI=1S/C27H31FN4O/c1-30(2)24-14-10-21(11-15-24)26(20-29-27(33)22-8-12-23(28)13-9-22)32-18-16-31(17-19-32)25-6-4-3-5-7-25/h3-15,26H,16-20H2,1-2H3,(H,29,33)/t26-/m0/s1. The second kappa shape index (κ2) is 10.5. The molecule has 1 N–H and O–H groups in total. The number of amides is 1. The van der Waals surface area contributed by atoms with Crippen LogP contribution in [0.4, 0.5) is 15.8 Å². The molecular weight excluding hydrogens is 415 g/mol. The van der Waals surface area contributed by atoms with Crippen molar-refractivity contribution in [1.82, 2.24) is 10.2 Å². The molecule has 3 aromatic rings. The largest absolute Gasteiger partial charge is 0.378 e. The molecule has 172 valence electrons. The number of carbonyl (C=O) groups excluding carboxylic acids is 1. The highest BCUT2D eigenvalue weighted by Gasteiger charge is 2.26. The van der Waals surface area contributed by atoms with Crippen molar-refractivity contribution in [2.45, 2.75) is 6.04 Å². The number of piperazine rings is 1. The van der Waals surface area contributed by atoms with E-state index in [9.17, 15) is 9.18 Å². The monoisotopic (exact) mass is 446 g/mol. The molecule has 33 heavy (non-hydrogen) atoms. The van der Waals surface area contributed by atoms with Gasteiger partial charge in [0.05, 0.1) is 6.04 Å². The van der Waals surface area contributed by atoms with Gasteiger partial charge in [-0.3, -0.25) is 9.69 Å². The molecule has 1 aliphatic heterocycles. The smallest absolute Gasteiger partial charge is 0.251 e. The minimum absolute atomic E-state index is 0.0588. The van der Waals surface area contributed by atoms with Crippen molar-refractivity contribution in [2.24, 2.45) is 0 Å². The Morgan fingerprint density at radius 3 is 2.15 bits per heavy atom. The Labute approximate surface area is 195 Å². The summed E-state index contributed by atoms with van der Waals surface area (Å²) >= 11 is 0. The zero-order chi connectivity index (χ0) is 23.2. The first-order valence-corrected chi connectivity index (χ1v) is 11.4. The van der Waals surface area contributed by atoms with E-state index in [1.165, 1.54) is 35.5 Å². The van der Waals surface area contributed by atoms with Crippen LogP contribution < -0.4 is 15.1 Å². The number of nitrogens with zero attached hydrogens (tertiary/aromatic N) is 3. The zero-order valence-corrected chi connectivity index (χ0v) is 19.2. The Balaban J connectivity index is 1.47. The normalized spacial score (nSPS) is 15.2. The fourth-order valence-electron chi connectivity index (χ4n) is 4.28. The van der Waals surface area contributed by atoms with Crippen molar-refractivity contribution in [3.05, 3.63) is 95.8 Å². The van der Waals surface area contributed by atoms with Crippen LogP contribution in [0.1, 0.15) is 22.0 Å². The Hall–Kier alpha value is -3.38. The van der Waals surface area contributed by atoms with Crippen LogP contribution in [0.25, 0.3) is 0 Å². The van der Waals surface area contributed by atoms with Gasteiger partial charge in [0.2, 0.25) is 0 Å². The lowest BCUT2D eigenvalue weighted by atomic mass is 10.0. The van der Waals surface area contributed by atoms with Gasteiger partial charge in [0.1, 0.15) is 5.82 Å². The molecular formula is C27H31FN4O. The Kier molecular flexibility index (Phi) is 7.25. The summed E-state index contributed by atoms with van der Waals surface area (Å²) in [5.74, 6) is -0.533. The summed E-state index contributed by atoms with van der Waals surface area (Å²) in [6.07, 6.45) is 0. The van der Waals surface area contributed by atoms with E-state index >= 15 is 0 Å². The fraction of sp³-hybridized carbons (Fsp3) is 0.296. The lowest BCUT2D eigenvalue weighted by Crippen LogP contribution is -2.50. The highest BCUT2D eigenvalue weighted by molar-refractivity contribution is 5.94. The highest BCUT2D eigenvalue weighted by Crippen LogP contribution is 2.26. The van der Waals surface area contributed by atoms with Crippen LogP contribution in [0, 0.1) is 5.82 Å². The molecule has 1 saturated heterocycles. The number of hydrogen-bond donors (Lipinski definition) is 1. The van der Waals surface area contributed by atoms with Gasteiger partial charge >= 0.3 is 0 Å². The maximum atomic E-state index is 13.2. The molecule has 0 bridgehead atoms. The molecule has 1 heterocycles. The molecule has 3 aromatic carbocycles. The van der Waals surface area contributed by atoms with E-state index in [1.54, 1.807) is 0 Å². The minimum atomic E-state index is -0.346. The molecule has 0 aromatic heterocycles. The first-order chi connectivity index (χ1) is 16.0. The van der Waals surface area contributed by atoms with Gasteiger partial charge in [0, 0.05) is 63.8 Å². The molecule has 0 aliphatic carbocycles. The van der Waals surface area contributed by atoms with E-state index < -0.39 is 0 Å². The summed E-state index contributed by atoms with van der Waals surface area (Å²) in [6.45, 7) is 4.16. The summed E-state index contributed by atoms with van der Waals surface area (Å²) in [6, 6.07) is 24.7. The van der Waals surface area contributed by atoms with Crippen LogP contribution in [0.2, 0.25) is 0 Å². The zero-order valence-electron chi connectivity index (χ0n) is 19.2. The third kappa shape index (κ3) is 5.71. The van der Waals surface area contributed by atoms with Gasteiger partial charge in [0.15, 0.2) is 0 Å². The summed E-state index contributed by atoms with van der Waals surface area (Å²) in [7, 11) is 4.05. The maximum Gasteiger partial charge on any atom is 0.251 e. The average Bonchev–Trinajstić information content (AvgIpc) is 2.85. The van der Waals surface area contributed by atoms with Gasteiger partial charge in [-0.2, -0.15) is 0 Å². The number of rotatable bonds is 7. The van der Waals surface area contributed by atoms with Crippen LogP contribution in [-0.2, 0) is 0 Å². The van der Waals surface area contributed by atoms with E-state index in [4.69, 9.17) is 0 Å². The van der Waals surface area contributed by atoms with Gasteiger partial charge in [-0.25, -0.2) is 4.39 Å². The van der Waals surface area contributed by atoms with Gasteiger partial charge in [-0.15, -0.1) is 0 Å². The van der Waals surface area contributed by atoms with Crippen molar-refractivity contribution in [3.8, 4) is 0 Å². The predicted molar refractivity (Wildman–Crippen MR) is 132 cm³/mol. The SMILES string of the molecule is CN(C)c1ccc([C@H](CNC(=O)c2ccc(F)cc2)N2CCN(c3ccccc3)CC2)cc1. The predicted octanol–water partition coefficient (Wildman–Crippen LogP) is 4.19. The number of anilines is 2. The van der Waals surface area contributed by atoms with Gasteiger partial charge < -0.3 is 15.1 Å². The molecule has 0 radical (unpaired) electrons. The lowest BCUT2D eigenvalue weighted by molar-refractivity contribution is 0.0930. The second-order valence-corrected chi connectivity index (χ2v) is 8.58. The topological polar surface area (TPSA) is 38.8 Å². The third-order valence-electron chi connectivity index (χ3n) is 6.23. The van der Waals surface area contributed by atoms with Crippen LogP contribution in [0.3, 0.4) is 0 Å². The average molecular weight is 447 g/mol. The molecule has 1 atom stereocenters. The van der Waals surface area contributed by atoms with Gasteiger partial charge in [0.25, 0.3) is 5.91 Å². The highest BCUT2D eigenvalue weighted by atomic mass is 19.1. The molecule has 0 saturated carbocycles. The molecule has 0 unspecified atom stereocenters. The van der Waals surface area contributed by atoms with E-state index in [-0.39, 0.29) is 17.8 Å². The number of carbonyl (C=O) groups is 1. The summed E-state index contributed by atoms with van der Waals surface area (Å²) in [4.78, 5) is 19.6. The van der Waals surface area contributed by atoms with Gasteiger partial charge in [-0.05, 0) is 54.1 Å². The molecule has 1 fully saturated rings. The van der Waals surface area contributed by atoms with E-state index in [0.717, 1.165) is 31.9 Å². The van der Waals surface area contributed by atoms with Crippen LogP contribution >= 0.6 is 0 Å². The summed E-state index contributed by atoms with van der Waals surface area (Å²) < 4.78 is 13.2. The van der Waals surface area contributed by atoms with Crippen molar-refractivity contribution in [1.29, 1.82) is 0 Å². The minimum Gasteiger partial charge on any atom is -0.378 e. The molecule has 0 spiro atoms. The van der Waals surface area contributed by atoms with E-state index in [1.807, 2.05) is 20.2 Å². The van der Waals surface area contributed by atoms with Crippen molar-refractivity contribution in [3.63, 3.8) is 0 Å². The van der Waals surface area contributed by atoms with E-state index in [2.05, 4.69) is 68.5 Å². The first kappa shape index (κ1) is 22.8. The molecule has 6 heteroatoms. The summed E-state index contributed by atoms with van der Waals surface area (Å²) in [5.41, 5.74) is 4.02. The second-order valence-electron chi connectivity index (χ2n) is 8.58. The number of benzene rings is 3. The Morgan fingerprint density at radius 1 is 0.909 bits per heavy atom. The number of halogens is 1. The number of hydrogen-bond acceptors (Lipinski definition) is 4. The van der Waals surface area contributed by atoms with Gasteiger partial charge in [-0.1, -0.05) is 30.3 Å². The first-order valence-electron chi connectivity index (χ1n) is 11.4. The third-order valence-corrected chi connectivity index (χ3v) is 6.23. The van der Waals surface area contributed by atoms with Crippen molar-refractivity contribution in [2.75, 3.05) is 56.6 Å². The maximum absolute atomic E-state index is 13.2. The molecule has 4 rings (SSSR count). The van der Waals surface area contributed by atoms with Crippen LogP contribution in [-0.4, -0.2) is 57.6 Å².